The predicted octanol–water partition coefficient (Wildman–Crippen LogP) is 3.31. The summed E-state index contributed by atoms with van der Waals surface area (Å²) in [6.45, 7) is 5.43. The number of halogens is 3. The molecule has 3 rings (SSSR count). The third kappa shape index (κ3) is 7.03. The average Bonchev–Trinajstić information content (AvgIpc) is 2.79. The van der Waals surface area contributed by atoms with Gasteiger partial charge in [-0.15, -0.1) is 0 Å². The predicted molar refractivity (Wildman–Crippen MR) is 120 cm³/mol. The summed E-state index contributed by atoms with van der Waals surface area (Å²) in [5.74, 6) is -0.441. The van der Waals surface area contributed by atoms with Crippen molar-refractivity contribution in [1.29, 1.82) is 0 Å². The minimum Gasteiger partial charge on any atom is -0.339 e. The smallest absolute Gasteiger partial charge is 0.339 e. The number of nitrogens with zero attached hydrogens (tertiary/aromatic N) is 3. The second-order valence-electron chi connectivity index (χ2n) is 8.30. The van der Waals surface area contributed by atoms with E-state index in [-0.39, 0.29) is 18.1 Å². The number of hydrogen-bond acceptors (Lipinski definition) is 4. The lowest BCUT2D eigenvalue weighted by Crippen LogP contribution is -2.52. The monoisotopic (exact) mass is 462 g/mol. The van der Waals surface area contributed by atoms with Gasteiger partial charge < -0.3 is 10.2 Å². The standard InChI is InChI=1S/C24H29F3N4O2/c1-18(23(33)28-21-10-8-20(9-11-21)24(25,26)27)29(2)17-22(32)31-14-12-30(13-15-31)16-19-6-4-3-5-7-19/h3-11,18H,12-17H2,1-2H3,(H,28,33)/t18-/m1/s1. The highest BCUT2D eigenvalue weighted by Crippen LogP contribution is 2.29. The van der Waals surface area contributed by atoms with Crippen molar-refractivity contribution in [1.82, 2.24) is 14.7 Å². The van der Waals surface area contributed by atoms with Gasteiger partial charge in [0, 0.05) is 38.4 Å². The number of carbonyl (C=O) groups is 2. The van der Waals surface area contributed by atoms with E-state index in [4.69, 9.17) is 0 Å². The molecule has 1 heterocycles. The van der Waals surface area contributed by atoms with Crippen LogP contribution in [0.15, 0.2) is 54.6 Å². The fraction of sp³-hybridized carbons (Fsp3) is 0.417. The highest BCUT2D eigenvalue weighted by atomic mass is 19.4. The van der Waals surface area contributed by atoms with Crippen molar-refractivity contribution in [3.05, 3.63) is 65.7 Å². The Morgan fingerprint density at radius 2 is 1.61 bits per heavy atom. The minimum atomic E-state index is -4.43. The van der Waals surface area contributed by atoms with E-state index >= 15 is 0 Å². The molecule has 0 radical (unpaired) electrons. The molecule has 0 bridgehead atoms. The first kappa shape index (κ1) is 24.7. The molecule has 178 valence electrons. The lowest BCUT2D eigenvalue weighted by Gasteiger charge is -2.36. The molecule has 9 heteroatoms. The number of carbonyl (C=O) groups excluding carboxylic acids is 2. The maximum absolute atomic E-state index is 12.7. The number of rotatable bonds is 7. The molecule has 1 N–H and O–H groups in total. The second kappa shape index (κ2) is 10.8. The van der Waals surface area contributed by atoms with Crippen LogP contribution in [0.5, 0.6) is 0 Å². The van der Waals surface area contributed by atoms with Gasteiger partial charge in [0.2, 0.25) is 11.8 Å². The number of benzene rings is 2. The first-order valence-corrected chi connectivity index (χ1v) is 10.9. The van der Waals surface area contributed by atoms with Crippen LogP contribution in [-0.4, -0.2) is 72.3 Å². The Labute approximate surface area is 192 Å². The Hall–Kier alpha value is -2.91. The molecule has 1 aliphatic rings. The Morgan fingerprint density at radius 3 is 2.18 bits per heavy atom. The molecule has 1 saturated heterocycles. The SMILES string of the molecule is C[C@H](C(=O)Nc1ccc(C(F)(F)F)cc1)N(C)CC(=O)N1CCN(Cc2ccccc2)CC1. The summed E-state index contributed by atoms with van der Waals surface area (Å²) in [7, 11) is 1.68. The van der Waals surface area contributed by atoms with Crippen LogP contribution in [-0.2, 0) is 22.3 Å². The van der Waals surface area contributed by atoms with Crippen LogP contribution in [0.25, 0.3) is 0 Å². The molecule has 1 aliphatic heterocycles. The second-order valence-corrected chi connectivity index (χ2v) is 8.30. The third-order valence-corrected chi connectivity index (χ3v) is 5.88. The topological polar surface area (TPSA) is 55.9 Å². The Balaban J connectivity index is 1.44. The van der Waals surface area contributed by atoms with Crippen molar-refractivity contribution >= 4 is 17.5 Å². The minimum absolute atomic E-state index is 0.0500. The fourth-order valence-corrected chi connectivity index (χ4v) is 3.64. The summed E-state index contributed by atoms with van der Waals surface area (Å²) in [6.07, 6.45) is -4.43. The first-order valence-electron chi connectivity index (χ1n) is 10.9. The van der Waals surface area contributed by atoms with Gasteiger partial charge in [-0.3, -0.25) is 19.4 Å². The molecule has 0 saturated carbocycles. The fourth-order valence-electron chi connectivity index (χ4n) is 3.64. The highest BCUT2D eigenvalue weighted by Gasteiger charge is 2.30. The van der Waals surface area contributed by atoms with Crippen LogP contribution in [0.2, 0.25) is 0 Å². The number of alkyl halides is 3. The quantitative estimate of drug-likeness (QED) is 0.686. The van der Waals surface area contributed by atoms with Crippen molar-refractivity contribution in [3.63, 3.8) is 0 Å². The number of anilines is 1. The van der Waals surface area contributed by atoms with E-state index < -0.39 is 23.7 Å². The van der Waals surface area contributed by atoms with Gasteiger partial charge in [-0.05, 0) is 43.8 Å². The molecule has 33 heavy (non-hydrogen) atoms. The van der Waals surface area contributed by atoms with Crippen LogP contribution in [0, 0.1) is 0 Å². The van der Waals surface area contributed by atoms with Crippen LogP contribution in [0.4, 0.5) is 18.9 Å². The molecule has 0 aromatic heterocycles. The number of piperazine rings is 1. The van der Waals surface area contributed by atoms with E-state index in [0.717, 1.165) is 31.8 Å². The largest absolute Gasteiger partial charge is 0.416 e. The number of likely N-dealkylation sites (N-methyl/N-ethyl adjacent to an activating group) is 1. The third-order valence-electron chi connectivity index (χ3n) is 5.88. The Bertz CT molecular complexity index is 927. The van der Waals surface area contributed by atoms with E-state index in [1.807, 2.05) is 18.2 Å². The summed E-state index contributed by atoms with van der Waals surface area (Å²) in [6, 6.07) is 13.8. The number of nitrogens with one attached hydrogen (secondary N) is 1. The molecule has 0 spiro atoms. The molecule has 2 amide bonds. The van der Waals surface area contributed by atoms with Gasteiger partial charge in [0.1, 0.15) is 0 Å². The summed E-state index contributed by atoms with van der Waals surface area (Å²) in [5, 5.41) is 2.60. The summed E-state index contributed by atoms with van der Waals surface area (Å²) in [4.78, 5) is 31.0. The van der Waals surface area contributed by atoms with E-state index in [9.17, 15) is 22.8 Å². The maximum atomic E-state index is 12.7. The lowest BCUT2D eigenvalue weighted by atomic mass is 10.2. The average molecular weight is 463 g/mol. The molecule has 0 aliphatic carbocycles. The zero-order valence-electron chi connectivity index (χ0n) is 18.8. The molecule has 1 atom stereocenters. The normalized spacial score (nSPS) is 16.0. The zero-order chi connectivity index (χ0) is 24.0. The van der Waals surface area contributed by atoms with Gasteiger partial charge in [-0.1, -0.05) is 30.3 Å². The summed E-state index contributed by atoms with van der Waals surface area (Å²) < 4.78 is 38.0. The molecular formula is C24H29F3N4O2. The highest BCUT2D eigenvalue weighted by molar-refractivity contribution is 5.94. The maximum Gasteiger partial charge on any atom is 0.416 e. The zero-order valence-corrected chi connectivity index (χ0v) is 18.8. The molecule has 2 aromatic rings. The van der Waals surface area contributed by atoms with Crippen LogP contribution < -0.4 is 5.32 Å². The first-order chi connectivity index (χ1) is 15.6. The van der Waals surface area contributed by atoms with Gasteiger partial charge in [-0.2, -0.15) is 13.2 Å². The van der Waals surface area contributed by atoms with Crippen LogP contribution in [0.1, 0.15) is 18.1 Å². The van der Waals surface area contributed by atoms with E-state index in [1.54, 1.807) is 23.8 Å². The van der Waals surface area contributed by atoms with Gasteiger partial charge in [0.25, 0.3) is 0 Å². The van der Waals surface area contributed by atoms with E-state index in [2.05, 4.69) is 22.3 Å². The van der Waals surface area contributed by atoms with Gasteiger partial charge >= 0.3 is 6.18 Å². The van der Waals surface area contributed by atoms with Gasteiger partial charge in [0.15, 0.2) is 0 Å². The summed E-state index contributed by atoms with van der Waals surface area (Å²) in [5.41, 5.74) is 0.735. The van der Waals surface area contributed by atoms with Crippen LogP contribution in [0.3, 0.4) is 0 Å². The summed E-state index contributed by atoms with van der Waals surface area (Å²) >= 11 is 0. The molecule has 0 unspecified atom stereocenters. The van der Waals surface area contributed by atoms with Crippen molar-refractivity contribution in [2.45, 2.75) is 25.7 Å². The Morgan fingerprint density at radius 1 is 1.00 bits per heavy atom. The Kier molecular flexibility index (Phi) is 8.10. The molecular weight excluding hydrogens is 433 g/mol. The van der Waals surface area contributed by atoms with Crippen molar-refractivity contribution in [2.75, 3.05) is 45.1 Å². The van der Waals surface area contributed by atoms with Crippen molar-refractivity contribution in [3.8, 4) is 0 Å². The van der Waals surface area contributed by atoms with Crippen LogP contribution >= 0.6 is 0 Å². The number of amides is 2. The van der Waals surface area contributed by atoms with Crippen molar-refractivity contribution < 1.29 is 22.8 Å². The van der Waals surface area contributed by atoms with Crippen molar-refractivity contribution in [2.24, 2.45) is 0 Å². The van der Waals surface area contributed by atoms with Gasteiger partial charge in [0.05, 0.1) is 18.2 Å². The molecule has 2 aromatic carbocycles. The number of hydrogen-bond donors (Lipinski definition) is 1. The molecule has 1 fully saturated rings. The lowest BCUT2D eigenvalue weighted by molar-refractivity contribution is -0.137. The molecule has 6 nitrogen and oxygen atoms in total. The van der Waals surface area contributed by atoms with E-state index in [0.29, 0.717) is 13.1 Å². The van der Waals surface area contributed by atoms with Gasteiger partial charge in [-0.25, -0.2) is 0 Å². The van der Waals surface area contributed by atoms with E-state index in [1.165, 1.54) is 17.7 Å².